The van der Waals surface area contributed by atoms with E-state index in [0.717, 1.165) is 25.1 Å². The molecule has 3 nitrogen and oxygen atoms in total. The number of benzene rings is 1. The van der Waals surface area contributed by atoms with Crippen molar-refractivity contribution < 1.29 is 4.79 Å². The Labute approximate surface area is 119 Å². The van der Waals surface area contributed by atoms with Gasteiger partial charge >= 0.3 is 0 Å². The van der Waals surface area contributed by atoms with E-state index >= 15 is 0 Å². The molecule has 1 aromatic rings. The van der Waals surface area contributed by atoms with Crippen LogP contribution >= 0.6 is 11.6 Å². The number of nitrogens with one attached hydrogen (secondary N) is 1. The third-order valence-corrected chi connectivity index (χ3v) is 4.00. The van der Waals surface area contributed by atoms with Crippen LogP contribution in [0.4, 0.5) is 0 Å². The highest BCUT2D eigenvalue weighted by Gasteiger charge is 2.19. The topological polar surface area (TPSA) is 32.3 Å². The largest absolute Gasteiger partial charge is 0.352 e. The molecule has 0 radical (unpaired) electrons. The molecule has 1 amide bonds. The summed E-state index contributed by atoms with van der Waals surface area (Å²) < 4.78 is 0. The molecule has 1 aromatic carbocycles. The fourth-order valence-electron chi connectivity index (χ4n) is 2.61. The van der Waals surface area contributed by atoms with Gasteiger partial charge in [-0.3, -0.25) is 4.79 Å². The number of nitrogens with zero attached hydrogens (tertiary/aromatic N) is 1. The third kappa shape index (κ3) is 4.51. The first-order chi connectivity index (χ1) is 9.15. The van der Waals surface area contributed by atoms with Crippen molar-refractivity contribution in [3.8, 4) is 0 Å². The Morgan fingerprint density at radius 2 is 2.26 bits per heavy atom. The normalized spacial score (nSPS) is 20.2. The van der Waals surface area contributed by atoms with Crippen LogP contribution < -0.4 is 5.32 Å². The molecule has 1 fully saturated rings. The minimum absolute atomic E-state index is 0.125. The number of likely N-dealkylation sites (tertiary alicyclic amines) is 1. The van der Waals surface area contributed by atoms with Gasteiger partial charge in [0.15, 0.2) is 0 Å². The number of hydrogen-bond acceptors (Lipinski definition) is 2. The first-order valence-electron chi connectivity index (χ1n) is 6.84. The van der Waals surface area contributed by atoms with Crippen molar-refractivity contribution in [3.63, 3.8) is 0 Å². The molecule has 0 bridgehead atoms. The zero-order chi connectivity index (χ0) is 13.7. The van der Waals surface area contributed by atoms with Crippen LogP contribution in [0.15, 0.2) is 24.3 Å². The van der Waals surface area contributed by atoms with Gasteiger partial charge in [-0.2, -0.15) is 0 Å². The van der Waals surface area contributed by atoms with Crippen LogP contribution in [0.5, 0.6) is 0 Å². The molecule has 2 rings (SSSR count). The van der Waals surface area contributed by atoms with Crippen molar-refractivity contribution in [2.75, 3.05) is 20.1 Å². The van der Waals surface area contributed by atoms with Crippen LogP contribution in [0.25, 0.3) is 0 Å². The first-order valence-corrected chi connectivity index (χ1v) is 7.21. The maximum absolute atomic E-state index is 11.9. The maximum Gasteiger partial charge on any atom is 0.220 e. The number of rotatable bonds is 4. The lowest BCUT2D eigenvalue weighted by Gasteiger charge is -2.29. The van der Waals surface area contributed by atoms with E-state index < -0.39 is 0 Å². The van der Waals surface area contributed by atoms with E-state index in [-0.39, 0.29) is 5.91 Å². The third-order valence-electron chi connectivity index (χ3n) is 3.63. The zero-order valence-electron chi connectivity index (χ0n) is 11.4. The SMILES string of the molecule is CN1CCCC(CC(=O)NCc2ccccc2Cl)C1. The van der Waals surface area contributed by atoms with Crippen LogP contribution in [0, 0.1) is 5.92 Å². The monoisotopic (exact) mass is 280 g/mol. The lowest BCUT2D eigenvalue weighted by molar-refractivity contribution is -0.122. The van der Waals surface area contributed by atoms with Gasteiger partial charge in [0.05, 0.1) is 0 Å². The Kier molecular flexibility index (Phi) is 5.23. The van der Waals surface area contributed by atoms with Gasteiger partial charge in [0.1, 0.15) is 0 Å². The molecule has 1 aliphatic heterocycles. The van der Waals surface area contributed by atoms with Crippen molar-refractivity contribution in [1.82, 2.24) is 10.2 Å². The molecule has 0 aliphatic carbocycles. The molecule has 19 heavy (non-hydrogen) atoms. The highest BCUT2D eigenvalue weighted by atomic mass is 35.5. The Balaban J connectivity index is 1.77. The molecule has 1 aliphatic rings. The van der Waals surface area contributed by atoms with Gasteiger partial charge < -0.3 is 10.2 Å². The van der Waals surface area contributed by atoms with Gasteiger partial charge in [0.25, 0.3) is 0 Å². The molecule has 0 aromatic heterocycles. The second-order valence-corrected chi connectivity index (χ2v) is 5.75. The summed E-state index contributed by atoms with van der Waals surface area (Å²) in [5.41, 5.74) is 0.971. The summed E-state index contributed by atoms with van der Waals surface area (Å²) >= 11 is 6.06. The van der Waals surface area contributed by atoms with Crippen LogP contribution in [0.2, 0.25) is 5.02 Å². The van der Waals surface area contributed by atoms with E-state index in [4.69, 9.17) is 11.6 Å². The maximum atomic E-state index is 11.9. The van der Waals surface area contributed by atoms with Crippen molar-refractivity contribution in [1.29, 1.82) is 0 Å². The molecular formula is C15H21ClN2O. The standard InChI is InChI=1S/C15H21ClN2O/c1-18-8-4-5-12(11-18)9-15(19)17-10-13-6-2-3-7-14(13)16/h2-3,6-7,12H,4-5,8-11H2,1H3,(H,17,19). The number of carbonyl (C=O) groups is 1. The van der Waals surface area contributed by atoms with Crippen molar-refractivity contribution in [3.05, 3.63) is 34.9 Å². The van der Waals surface area contributed by atoms with Gasteiger partial charge in [-0.05, 0) is 44.0 Å². The molecule has 104 valence electrons. The fraction of sp³-hybridized carbons (Fsp3) is 0.533. The average molecular weight is 281 g/mol. The second-order valence-electron chi connectivity index (χ2n) is 5.34. The van der Waals surface area contributed by atoms with Gasteiger partial charge in [-0.15, -0.1) is 0 Å². The number of hydrogen-bond donors (Lipinski definition) is 1. The Morgan fingerprint density at radius 3 is 3.00 bits per heavy atom. The molecule has 4 heteroatoms. The van der Waals surface area contributed by atoms with E-state index in [9.17, 15) is 4.79 Å². The predicted molar refractivity (Wildman–Crippen MR) is 78.1 cm³/mol. The summed E-state index contributed by atoms with van der Waals surface area (Å²) in [7, 11) is 2.12. The van der Waals surface area contributed by atoms with E-state index in [0.29, 0.717) is 23.9 Å². The molecule has 1 heterocycles. The van der Waals surface area contributed by atoms with E-state index in [2.05, 4.69) is 17.3 Å². The van der Waals surface area contributed by atoms with Gasteiger partial charge in [0, 0.05) is 24.5 Å². The molecule has 1 saturated heterocycles. The average Bonchev–Trinajstić information content (AvgIpc) is 2.38. The quantitative estimate of drug-likeness (QED) is 0.920. The number of halogens is 1. The van der Waals surface area contributed by atoms with E-state index in [1.54, 1.807) is 0 Å². The van der Waals surface area contributed by atoms with Crippen LogP contribution in [-0.4, -0.2) is 30.9 Å². The number of carbonyl (C=O) groups excluding carboxylic acids is 1. The molecule has 0 spiro atoms. The smallest absolute Gasteiger partial charge is 0.220 e. The van der Waals surface area contributed by atoms with E-state index in [1.807, 2.05) is 24.3 Å². The number of amides is 1. The minimum atomic E-state index is 0.125. The zero-order valence-corrected chi connectivity index (χ0v) is 12.1. The summed E-state index contributed by atoms with van der Waals surface area (Å²) in [6, 6.07) is 7.62. The first kappa shape index (κ1) is 14.4. The highest BCUT2D eigenvalue weighted by molar-refractivity contribution is 6.31. The minimum Gasteiger partial charge on any atom is -0.352 e. The molecule has 0 saturated carbocycles. The lowest BCUT2D eigenvalue weighted by atomic mass is 9.95. The molecular weight excluding hydrogens is 260 g/mol. The van der Waals surface area contributed by atoms with Gasteiger partial charge in [-0.25, -0.2) is 0 Å². The van der Waals surface area contributed by atoms with Crippen molar-refractivity contribution >= 4 is 17.5 Å². The summed E-state index contributed by atoms with van der Waals surface area (Å²) in [6.07, 6.45) is 2.97. The van der Waals surface area contributed by atoms with Crippen molar-refractivity contribution in [2.24, 2.45) is 5.92 Å². The summed E-state index contributed by atoms with van der Waals surface area (Å²) in [6.45, 7) is 2.69. The predicted octanol–water partition coefficient (Wildman–Crippen LogP) is 2.69. The van der Waals surface area contributed by atoms with Gasteiger partial charge in [0.2, 0.25) is 5.91 Å². The molecule has 1 unspecified atom stereocenters. The Morgan fingerprint density at radius 1 is 1.47 bits per heavy atom. The summed E-state index contributed by atoms with van der Waals surface area (Å²) in [5.74, 6) is 0.616. The van der Waals surface area contributed by atoms with Crippen LogP contribution in [0.3, 0.4) is 0 Å². The van der Waals surface area contributed by atoms with Gasteiger partial charge in [-0.1, -0.05) is 29.8 Å². The second kappa shape index (κ2) is 6.92. The fourth-order valence-corrected chi connectivity index (χ4v) is 2.81. The van der Waals surface area contributed by atoms with E-state index in [1.165, 1.54) is 6.42 Å². The lowest BCUT2D eigenvalue weighted by Crippen LogP contribution is -2.35. The van der Waals surface area contributed by atoms with Crippen LogP contribution in [-0.2, 0) is 11.3 Å². The molecule has 1 N–H and O–H groups in total. The Bertz CT molecular complexity index is 436. The summed E-state index contributed by atoms with van der Waals surface area (Å²) in [5, 5.41) is 3.67. The number of piperidine rings is 1. The van der Waals surface area contributed by atoms with Crippen LogP contribution in [0.1, 0.15) is 24.8 Å². The highest BCUT2D eigenvalue weighted by Crippen LogP contribution is 2.18. The Hall–Kier alpha value is -1.06. The summed E-state index contributed by atoms with van der Waals surface area (Å²) in [4.78, 5) is 14.2. The molecule has 1 atom stereocenters. The van der Waals surface area contributed by atoms with Crippen molar-refractivity contribution in [2.45, 2.75) is 25.8 Å².